The lowest BCUT2D eigenvalue weighted by atomic mass is 9.98. The third-order valence-corrected chi connectivity index (χ3v) is 5.25. The van der Waals surface area contributed by atoms with Crippen molar-refractivity contribution in [3.63, 3.8) is 0 Å². The fourth-order valence-corrected chi connectivity index (χ4v) is 3.48. The van der Waals surface area contributed by atoms with Gasteiger partial charge in [-0.05, 0) is 30.4 Å². The summed E-state index contributed by atoms with van der Waals surface area (Å²) in [4.78, 5) is 29.4. The van der Waals surface area contributed by atoms with Gasteiger partial charge in [0.15, 0.2) is 0 Å². The highest BCUT2D eigenvalue weighted by Crippen LogP contribution is 2.41. The van der Waals surface area contributed by atoms with Gasteiger partial charge in [-0.2, -0.15) is 0 Å². The van der Waals surface area contributed by atoms with Crippen LogP contribution in [0, 0.1) is 0 Å². The van der Waals surface area contributed by atoms with E-state index in [1.807, 2.05) is 19.9 Å². The number of fused-ring (bicyclic) bond motifs is 1. The number of nitrogens with zero attached hydrogens (tertiary/aromatic N) is 2. The number of carbonyl (C=O) groups is 2. The zero-order valence-electron chi connectivity index (χ0n) is 16.4. The smallest absolute Gasteiger partial charge is 0.312 e. The molecule has 1 aromatic carbocycles. The van der Waals surface area contributed by atoms with Crippen LogP contribution >= 0.6 is 0 Å². The van der Waals surface area contributed by atoms with Crippen LogP contribution < -0.4 is 5.32 Å². The lowest BCUT2D eigenvalue weighted by molar-refractivity contribution is -0.138. The van der Waals surface area contributed by atoms with Crippen LogP contribution in [0.3, 0.4) is 0 Å². The lowest BCUT2D eigenvalue weighted by Gasteiger charge is -2.14. The van der Waals surface area contributed by atoms with Gasteiger partial charge in [0.1, 0.15) is 0 Å². The number of nitrogens with one attached hydrogen (secondary N) is 1. The number of aromatic nitrogens is 2. The molecule has 7 nitrogen and oxygen atoms in total. The van der Waals surface area contributed by atoms with Crippen LogP contribution in [-0.4, -0.2) is 33.7 Å². The molecule has 150 valence electrons. The molecule has 1 aliphatic carbocycles. The second-order valence-corrected chi connectivity index (χ2v) is 7.78. The van der Waals surface area contributed by atoms with Gasteiger partial charge in [0.25, 0.3) is 11.6 Å². The molecule has 0 bridgehead atoms. The van der Waals surface area contributed by atoms with Gasteiger partial charge in [-0.15, -0.1) is 0 Å². The monoisotopic (exact) mass is 393 g/mol. The van der Waals surface area contributed by atoms with Crippen LogP contribution in [-0.2, 0) is 4.79 Å². The van der Waals surface area contributed by atoms with Crippen molar-refractivity contribution in [2.75, 3.05) is 6.54 Å². The van der Waals surface area contributed by atoms with Crippen LogP contribution in [0.5, 0.6) is 0 Å². The van der Waals surface area contributed by atoms with Gasteiger partial charge in [-0.3, -0.25) is 9.59 Å². The first-order valence-electron chi connectivity index (χ1n) is 9.82. The maximum absolute atomic E-state index is 13.1. The quantitative estimate of drug-likeness (QED) is 0.632. The van der Waals surface area contributed by atoms with Crippen molar-refractivity contribution in [2.45, 2.75) is 44.4 Å². The fraction of sp³-hybridized carbons (Fsp3) is 0.364. The van der Waals surface area contributed by atoms with Crippen molar-refractivity contribution in [1.82, 2.24) is 15.5 Å². The summed E-state index contributed by atoms with van der Waals surface area (Å²) in [7, 11) is 0. The SMILES string of the molecule is CC(C)c1noc2nc(C3CC3)cc(C(=O)NCC(C(=O)O)c3ccccc3)c12. The summed E-state index contributed by atoms with van der Waals surface area (Å²) in [6.07, 6.45) is 2.08. The van der Waals surface area contributed by atoms with E-state index in [-0.39, 0.29) is 18.4 Å². The van der Waals surface area contributed by atoms with Crippen LogP contribution in [0.1, 0.15) is 71.8 Å². The highest BCUT2D eigenvalue weighted by atomic mass is 16.5. The summed E-state index contributed by atoms with van der Waals surface area (Å²) >= 11 is 0. The molecule has 3 aromatic rings. The molecule has 1 saturated carbocycles. The molecular weight excluding hydrogens is 370 g/mol. The molecule has 1 atom stereocenters. The Morgan fingerprint density at radius 1 is 1.24 bits per heavy atom. The Balaban J connectivity index is 1.65. The zero-order valence-corrected chi connectivity index (χ0v) is 16.4. The number of amides is 1. The number of rotatable bonds is 7. The number of hydrogen-bond acceptors (Lipinski definition) is 5. The van der Waals surface area contributed by atoms with Crippen LogP contribution in [0.2, 0.25) is 0 Å². The highest BCUT2D eigenvalue weighted by Gasteiger charge is 2.30. The van der Waals surface area contributed by atoms with E-state index in [4.69, 9.17) is 4.52 Å². The van der Waals surface area contributed by atoms with Gasteiger partial charge in [-0.1, -0.05) is 49.3 Å². The number of carboxylic acids is 1. The maximum Gasteiger partial charge on any atom is 0.312 e. The van der Waals surface area contributed by atoms with Crippen molar-refractivity contribution < 1.29 is 19.2 Å². The fourth-order valence-electron chi connectivity index (χ4n) is 3.48. The first kappa shape index (κ1) is 19.1. The van der Waals surface area contributed by atoms with Gasteiger partial charge in [-0.25, -0.2) is 4.98 Å². The second-order valence-electron chi connectivity index (χ2n) is 7.78. The van der Waals surface area contributed by atoms with Crippen molar-refractivity contribution in [2.24, 2.45) is 0 Å². The first-order chi connectivity index (χ1) is 14.0. The summed E-state index contributed by atoms with van der Waals surface area (Å²) < 4.78 is 5.42. The lowest BCUT2D eigenvalue weighted by Crippen LogP contribution is -2.32. The van der Waals surface area contributed by atoms with Gasteiger partial charge in [0, 0.05) is 18.2 Å². The Morgan fingerprint density at radius 3 is 2.59 bits per heavy atom. The topological polar surface area (TPSA) is 105 Å². The minimum absolute atomic E-state index is 0.0109. The number of carbonyl (C=O) groups excluding carboxylic acids is 1. The van der Waals surface area contributed by atoms with E-state index in [0.717, 1.165) is 18.5 Å². The third-order valence-electron chi connectivity index (χ3n) is 5.25. The molecule has 0 spiro atoms. The average Bonchev–Trinajstić information content (AvgIpc) is 3.46. The van der Waals surface area contributed by atoms with Crippen molar-refractivity contribution in [1.29, 1.82) is 0 Å². The van der Waals surface area contributed by atoms with Crippen LogP contribution in [0.15, 0.2) is 40.9 Å². The van der Waals surface area contributed by atoms with Crippen molar-refractivity contribution in [3.05, 3.63) is 58.9 Å². The number of hydrogen-bond donors (Lipinski definition) is 2. The second kappa shape index (κ2) is 7.66. The molecule has 1 unspecified atom stereocenters. The number of benzene rings is 1. The van der Waals surface area contributed by atoms with E-state index in [9.17, 15) is 14.7 Å². The van der Waals surface area contributed by atoms with E-state index in [1.165, 1.54) is 0 Å². The largest absolute Gasteiger partial charge is 0.481 e. The molecule has 2 aromatic heterocycles. The predicted octanol–water partition coefficient (Wildman–Crippen LogP) is 3.82. The van der Waals surface area contributed by atoms with Crippen LogP contribution in [0.25, 0.3) is 11.1 Å². The summed E-state index contributed by atoms with van der Waals surface area (Å²) in [5.41, 5.74) is 2.96. The Kier molecular flexibility index (Phi) is 5.05. The van der Waals surface area contributed by atoms with E-state index in [1.54, 1.807) is 30.3 Å². The normalized spacial score (nSPS) is 14.9. The summed E-state index contributed by atoms with van der Waals surface area (Å²) in [6, 6.07) is 10.7. The predicted molar refractivity (Wildman–Crippen MR) is 107 cm³/mol. The number of carboxylic acid groups (broad SMARTS) is 1. The number of pyridine rings is 1. The Labute approximate surface area is 168 Å². The Bertz CT molecular complexity index is 1050. The molecule has 7 heteroatoms. The number of aliphatic carboxylic acids is 1. The van der Waals surface area contributed by atoms with Gasteiger partial charge < -0.3 is 14.9 Å². The molecule has 4 rings (SSSR count). The van der Waals surface area contributed by atoms with Gasteiger partial charge in [0.05, 0.1) is 22.6 Å². The van der Waals surface area contributed by atoms with Crippen molar-refractivity contribution in [3.8, 4) is 0 Å². The minimum atomic E-state index is -0.983. The highest BCUT2D eigenvalue weighted by molar-refractivity contribution is 6.06. The molecular formula is C22H23N3O4. The van der Waals surface area contributed by atoms with E-state index in [0.29, 0.717) is 33.8 Å². The summed E-state index contributed by atoms with van der Waals surface area (Å²) in [6.45, 7) is 3.94. The Hall–Kier alpha value is -3.22. The zero-order chi connectivity index (χ0) is 20.5. The first-order valence-corrected chi connectivity index (χ1v) is 9.82. The third kappa shape index (κ3) is 3.85. The molecule has 0 aliphatic heterocycles. The standard InChI is InChI=1S/C22H23N3O4/c1-12(2)19-18-15(10-17(14-8-9-14)24-21(18)29-25-19)20(26)23-11-16(22(27)28)13-6-4-3-5-7-13/h3-7,10,12,14,16H,8-9,11H2,1-2H3,(H,23,26)(H,27,28). The maximum atomic E-state index is 13.1. The van der Waals surface area contributed by atoms with Gasteiger partial charge >= 0.3 is 5.97 Å². The molecule has 0 radical (unpaired) electrons. The molecule has 2 N–H and O–H groups in total. The van der Waals surface area contributed by atoms with Gasteiger partial charge in [0.2, 0.25) is 0 Å². The Morgan fingerprint density at radius 2 is 1.97 bits per heavy atom. The molecule has 29 heavy (non-hydrogen) atoms. The van der Waals surface area contributed by atoms with E-state index < -0.39 is 11.9 Å². The van der Waals surface area contributed by atoms with Crippen LogP contribution in [0.4, 0.5) is 0 Å². The molecule has 1 aliphatic rings. The summed E-state index contributed by atoms with van der Waals surface area (Å²) in [5, 5.41) is 17.1. The molecule has 1 fully saturated rings. The summed E-state index contributed by atoms with van der Waals surface area (Å²) in [5.74, 6) is -1.75. The van der Waals surface area contributed by atoms with E-state index in [2.05, 4.69) is 15.5 Å². The average molecular weight is 393 g/mol. The minimum Gasteiger partial charge on any atom is -0.481 e. The molecule has 1 amide bonds. The van der Waals surface area contributed by atoms with Crippen molar-refractivity contribution >= 4 is 23.0 Å². The molecule has 0 saturated heterocycles. The van der Waals surface area contributed by atoms with E-state index >= 15 is 0 Å². The molecule has 2 heterocycles.